The number of unbranched alkanes of at least 4 members (excludes halogenated alkanes) is 6. The molecule has 6 aromatic carbocycles. The highest BCUT2D eigenvalue weighted by Crippen LogP contribution is 2.66. The van der Waals surface area contributed by atoms with E-state index in [1.807, 2.05) is 11.3 Å². The number of anilines is 3. The fourth-order valence-corrected chi connectivity index (χ4v) is 11.4. The molecule has 4 heterocycles. The third-order valence-corrected chi connectivity index (χ3v) is 14.2. The van der Waals surface area contributed by atoms with Gasteiger partial charge in [-0.15, -0.1) is 11.3 Å². The maximum Gasteiger partial charge on any atom is 0.174 e. The molecule has 0 fully saturated rings. The van der Waals surface area contributed by atoms with Crippen LogP contribution in [0.25, 0.3) is 53.6 Å². The second-order valence-corrected chi connectivity index (χ2v) is 17.7. The molecule has 1 aliphatic carbocycles. The molecule has 2 aliphatic rings. The fraction of sp³-hybridized carbons (Fsp3) is 0.236. The van der Waals surface area contributed by atoms with Crippen molar-refractivity contribution >= 4 is 59.3 Å². The summed E-state index contributed by atoms with van der Waals surface area (Å²) in [5.41, 5.74) is 10.5. The van der Waals surface area contributed by atoms with Crippen molar-refractivity contribution in [1.82, 2.24) is 0 Å². The van der Waals surface area contributed by atoms with Crippen LogP contribution >= 0.6 is 11.3 Å². The third-order valence-electron chi connectivity index (χ3n) is 13.0. The molecule has 0 amide bonds. The average molecular weight is 788 g/mol. The highest BCUT2D eigenvalue weighted by Gasteiger charge is 2.56. The molecule has 3 nitrogen and oxygen atoms in total. The van der Waals surface area contributed by atoms with Gasteiger partial charge in [0.05, 0.1) is 21.5 Å². The van der Waals surface area contributed by atoms with Crippen LogP contribution < -0.4 is 4.90 Å². The Labute approximate surface area is 350 Å². The van der Waals surface area contributed by atoms with E-state index in [-0.39, 0.29) is 0 Å². The summed E-state index contributed by atoms with van der Waals surface area (Å²) in [6.45, 7) is 4.55. The lowest BCUT2D eigenvalue weighted by Crippen LogP contribution is -2.36. The molecule has 0 atom stereocenters. The van der Waals surface area contributed by atoms with Crippen LogP contribution in [0, 0.1) is 0 Å². The molecular weight excluding hydrogens is 739 g/mol. The van der Waals surface area contributed by atoms with Gasteiger partial charge in [0, 0.05) is 45.1 Å². The minimum atomic E-state index is -0.602. The van der Waals surface area contributed by atoms with Gasteiger partial charge in [0.25, 0.3) is 0 Å². The molecular formula is C55H49NO2S. The van der Waals surface area contributed by atoms with Crippen molar-refractivity contribution in [2.75, 3.05) is 4.90 Å². The lowest BCUT2D eigenvalue weighted by molar-refractivity contribution is 0.463. The molecule has 3 aromatic heterocycles. The lowest BCUT2D eigenvalue weighted by Gasteiger charge is -2.44. The van der Waals surface area contributed by atoms with E-state index < -0.39 is 5.41 Å². The number of hydrogen-bond acceptors (Lipinski definition) is 4. The van der Waals surface area contributed by atoms with Crippen molar-refractivity contribution < 1.29 is 8.83 Å². The summed E-state index contributed by atoms with van der Waals surface area (Å²) in [5.74, 6) is 3.95. The number of aryl methyl sites for hydroxylation is 2. The first-order valence-corrected chi connectivity index (χ1v) is 22.7. The zero-order valence-corrected chi connectivity index (χ0v) is 34.8. The number of furan rings is 2. The predicted octanol–water partition coefficient (Wildman–Crippen LogP) is 16.5. The van der Waals surface area contributed by atoms with E-state index in [2.05, 4.69) is 158 Å². The number of hydrogen-bond donors (Lipinski definition) is 0. The number of nitrogens with zero attached hydrogens (tertiary/aromatic N) is 1. The second kappa shape index (κ2) is 14.8. The monoisotopic (exact) mass is 787 g/mol. The van der Waals surface area contributed by atoms with Crippen LogP contribution in [-0.2, 0) is 18.3 Å². The molecule has 0 saturated heterocycles. The van der Waals surface area contributed by atoms with Gasteiger partial charge in [0.1, 0.15) is 11.5 Å². The van der Waals surface area contributed by atoms with Crippen molar-refractivity contribution in [2.24, 2.45) is 0 Å². The Kier molecular flexibility index (Phi) is 9.07. The maximum absolute atomic E-state index is 6.98. The summed E-state index contributed by atoms with van der Waals surface area (Å²) in [7, 11) is 0. The van der Waals surface area contributed by atoms with Crippen molar-refractivity contribution in [3.8, 4) is 22.6 Å². The SMILES string of the molecule is CCCCCCc1cc2c(o1)-c1oc(CCCCCC)cc1C21c2ccccc2N(c2ccc3cc(-c4ccccc4)ccc3c2)c2c1ccc1c2sc2ccccc21. The molecule has 0 bridgehead atoms. The molecule has 59 heavy (non-hydrogen) atoms. The van der Waals surface area contributed by atoms with Crippen LogP contribution in [0.5, 0.6) is 0 Å². The van der Waals surface area contributed by atoms with Crippen LogP contribution in [0.4, 0.5) is 17.1 Å². The van der Waals surface area contributed by atoms with Gasteiger partial charge in [-0.25, -0.2) is 0 Å². The number of fused-ring (bicyclic) bond motifs is 14. The third kappa shape index (κ3) is 5.74. The molecule has 0 unspecified atom stereocenters. The van der Waals surface area contributed by atoms with E-state index >= 15 is 0 Å². The topological polar surface area (TPSA) is 29.5 Å². The van der Waals surface area contributed by atoms with Gasteiger partial charge < -0.3 is 13.7 Å². The highest BCUT2D eigenvalue weighted by molar-refractivity contribution is 7.26. The minimum Gasteiger partial charge on any atom is -0.457 e. The van der Waals surface area contributed by atoms with Crippen molar-refractivity contribution in [1.29, 1.82) is 0 Å². The van der Waals surface area contributed by atoms with Gasteiger partial charge in [0.2, 0.25) is 0 Å². The molecule has 1 aliphatic heterocycles. The van der Waals surface area contributed by atoms with Crippen LogP contribution in [-0.4, -0.2) is 0 Å². The van der Waals surface area contributed by atoms with Crippen LogP contribution in [0.15, 0.2) is 148 Å². The number of benzene rings is 6. The van der Waals surface area contributed by atoms with Gasteiger partial charge in [-0.05, 0) is 88.3 Å². The molecule has 4 heteroatoms. The van der Waals surface area contributed by atoms with E-state index in [0.717, 1.165) is 54.4 Å². The van der Waals surface area contributed by atoms with Gasteiger partial charge in [-0.2, -0.15) is 0 Å². The largest absolute Gasteiger partial charge is 0.457 e. The van der Waals surface area contributed by atoms with Gasteiger partial charge >= 0.3 is 0 Å². The quantitative estimate of drug-likeness (QED) is 0.116. The molecule has 1 spiro atoms. The maximum atomic E-state index is 6.98. The van der Waals surface area contributed by atoms with E-state index in [9.17, 15) is 0 Å². The van der Waals surface area contributed by atoms with Gasteiger partial charge in [-0.1, -0.05) is 149 Å². The highest BCUT2D eigenvalue weighted by atomic mass is 32.1. The van der Waals surface area contributed by atoms with Gasteiger partial charge in [0.15, 0.2) is 11.5 Å². The summed E-state index contributed by atoms with van der Waals surface area (Å²) in [5, 5.41) is 5.05. The van der Waals surface area contributed by atoms with E-state index in [4.69, 9.17) is 8.83 Å². The number of thiophene rings is 1. The van der Waals surface area contributed by atoms with Crippen molar-refractivity contribution in [2.45, 2.75) is 83.5 Å². The first kappa shape index (κ1) is 36.3. The Morgan fingerprint density at radius 2 is 1.17 bits per heavy atom. The number of rotatable bonds is 12. The Hall–Kier alpha value is -5.84. The van der Waals surface area contributed by atoms with Crippen molar-refractivity contribution in [3.05, 3.63) is 173 Å². The van der Waals surface area contributed by atoms with E-state index in [1.165, 1.54) is 114 Å². The van der Waals surface area contributed by atoms with Crippen LogP contribution in [0.1, 0.15) is 99.0 Å². The fourth-order valence-electron chi connectivity index (χ4n) is 10.2. The summed E-state index contributed by atoms with van der Waals surface area (Å²) < 4.78 is 16.6. The molecule has 0 N–H and O–H groups in total. The summed E-state index contributed by atoms with van der Waals surface area (Å²) >= 11 is 1.91. The molecule has 0 radical (unpaired) electrons. The number of para-hydroxylation sites is 1. The lowest BCUT2D eigenvalue weighted by atomic mass is 9.65. The Balaban J connectivity index is 1.16. The smallest absolute Gasteiger partial charge is 0.174 e. The first-order chi connectivity index (χ1) is 29.2. The van der Waals surface area contributed by atoms with E-state index in [1.54, 1.807) is 0 Å². The predicted molar refractivity (Wildman–Crippen MR) is 248 cm³/mol. The molecule has 0 saturated carbocycles. The Bertz CT molecular complexity index is 2940. The minimum absolute atomic E-state index is 0.602. The summed E-state index contributed by atoms with van der Waals surface area (Å²) in [6, 6.07) is 52.2. The standard InChI is InChI=1S/C55H49NO2S/c1-3-5-7-12-20-41-34-47-52(57-41)53-48(35-42(58-53)21-13-8-6-4-2)55(47)45-23-15-16-24-49(45)56(51-46(55)31-30-44-43-22-14-17-25-50(43)59-54(44)51)40-29-28-38-32-37(26-27-39(38)33-40)36-18-10-9-11-19-36/h9-11,14-19,22-35H,3-8,12-13,20-21H2,1-2H3. The molecule has 9 aromatic rings. The van der Waals surface area contributed by atoms with Crippen molar-refractivity contribution in [3.63, 3.8) is 0 Å². The first-order valence-electron chi connectivity index (χ1n) is 21.9. The van der Waals surface area contributed by atoms with Gasteiger partial charge in [-0.3, -0.25) is 0 Å². The van der Waals surface area contributed by atoms with Crippen LogP contribution in [0.3, 0.4) is 0 Å². The summed E-state index contributed by atoms with van der Waals surface area (Å²) in [6.07, 6.45) is 11.5. The summed E-state index contributed by atoms with van der Waals surface area (Å²) in [4.78, 5) is 2.56. The molecule has 11 rings (SSSR count). The Morgan fingerprint density at radius 1 is 0.508 bits per heavy atom. The zero-order valence-electron chi connectivity index (χ0n) is 34.0. The zero-order chi connectivity index (χ0) is 39.5. The average Bonchev–Trinajstić information content (AvgIpc) is 4.05. The second-order valence-electron chi connectivity index (χ2n) is 16.7. The normalized spacial score (nSPS) is 13.7. The van der Waals surface area contributed by atoms with Crippen LogP contribution in [0.2, 0.25) is 0 Å². The van der Waals surface area contributed by atoms with E-state index in [0.29, 0.717) is 0 Å². The Morgan fingerprint density at radius 3 is 1.92 bits per heavy atom. The molecule has 292 valence electrons.